The molecule has 1 aromatic heterocycles. The van der Waals surface area contributed by atoms with Crippen molar-refractivity contribution in [3.63, 3.8) is 0 Å². The topological polar surface area (TPSA) is 51.0 Å². The van der Waals surface area contributed by atoms with Crippen molar-refractivity contribution in [1.82, 2.24) is 19.9 Å². The average Bonchev–Trinajstić information content (AvgIpc) is 3.16. The molecule has 23 heavy (non-hydrogen) atoms. The minimum atomic E-state index is -0.321. The van der Waals surface area contributed by atoms with Crippen LogP contribution in [0.2, 0.25) is 0 Å². The second kappa shape index (κ2) is 5.44. The third kappa shape index (κ3) is 2.42. The molecule has 2 saturated heterocycles. The second-order valence-electron chi connectivity index (χ2n) is 6.54. The monoisotopic (exact) mass is 314 g/mol. The number of nitrogens with zero attached hydrogens (tertiary/aromatic N) is 4. The highest BCUT2D eigenvalue weighted by molar-refractivity contribution is 5.95. The molecule has 5 nitrogen and oxygen atoms in total. The smallest absolute Gasteiger partial charge is 0.254 e. The fraction of sp³-hybridized carbons (Fsp3) is 0.471. The first-order valence-corrected chi connectivity index (χ1v) is 8.08. The molecule has 2 aromatic rings. The lowest BCUT2D eigenvalue weighted by Crippen LogP contribution is -2.47. The van der Waals surface area contributed by atoms with Crippen LogP contribution < -0.4 is 0 Å². The van der Waals surface area contributed by atoms with Crippen LogP contribution in [-0.4, -0.2) is 37.9 Å². The van der Waals surface area contributed by atoms with Gasteiger partial charge in [-0.05, 0) is 50.3 Å². The van der Waals surface area contributed by atoms with Gasteiger partial charge in [0.15, 0.2) is 0 Å². The van der Waals surface area contributed by atoms with Crippen LogP contribution in [0.3, 0.4) is 0 Å². The number of aryl methyl sites for hydroxylation is 1. The van der Waals surface area contributed by atoms with E-state index >= 15 is 0 Å². The summed E-state index contributed by atoms with van der Waals surface area (Å²) in [4.78, 5) is 16.6. The standard InChI is InChI=1S/C17H19FN4O/c1-11-2-3-12(8-16(11)18)17(23)21-13-4-5-14(21)10-15(9-13)22-19-6-7-20-22/h2-3,6-8,13-15H,4-5,9-10H2,1H3. The normalized spacial score (nSPS) is 26.5. The summed E-state index contributed by atoms with van der Waals surface area (Å²) in [6.07, 6.45) is 7.12. The van der Waals surface area contributed by atoms with Crippen LogP contribution in [-0.2, 0) is 0 Å². The van der Waals surface area contributed by atoms with Crippen molar-refractivity contribution in [3.8, 4) is 0 Å². The molecule has 4 rings (SSSR count). The molecule has 3 heterocycles. The Hall–Kier alpha value is -2.24. The predicted molar refractivity (Wildman–Crippen MR) is 82.4 cm³/mol. The first-order valence-electron chi connectivity index (χ1n) is 8.08. The van der Waals surface area contributed by atoms with Crippen LogP contribution in [0, 0.1) is 12.7 Å². The first-order chi connectivity index (χ1) is 11.1. The van der Waals surface area contributed by atoms with Gasteiger partial charge in [-0.3, -0.25) is 4.79 Å². The van der Waals surface area contributed by atoms with E-state index in [0.29, 0.717) is 11.1 Å². The van der Waals surface area contributed by atoms with E-state index in [1.807, 2.05) is 4.90 Å². The maximum absolute atomic E-state index is 13.8. The van der Waals surface area contributed by atoms with Crippen LogP contribution in [0.4, 0.5) is 4.39 Å². The minimum absolute atomic E-state index is 0.0525. The number of halogens is 1. The minimum Gasteiger partial charge on any atom is -0.333 e. The zero-order chi connectivity index (χ0) is 16.0. The van der Waals surface area contributed by atoms with Crippen molar-refractivity contribution >= 4 is 5.91 Å². The van der Waals surface area contributed by atoms with Gasteiger partial charge in [-0.25, -0.2) is 4.39 Å². The Morgan fingerprint density at radius 2 is 1.78 bits per heavy atom. The van der Waals surface area contributed by atoms with E-state index in [1.54, 1.807) is 36.2 Å². The molecule has 0 radical (unpaired) electrons. The van der Waals surface area contributed by atoms with Crippen molar-refractivity contribution in [2.45, 2.75) is 50.7 Å². The van der Waals surface area contributed by atoms with Gasteiger partial charge in [-0.15, -0.1) is 0 Å². The molecule has 120 valence electrons. The molecule has 2 fully saturated rings. The quantitative estimate of drug-likeness (QED) is 0.856. The summed E-state index contributed by atoms with van der Waals surface area (Å²) >= 11 is 0. The molecule has 0 spiro atoms. The molecule has 2 atom stereocenters. The number of benzene rings is 1. The number of carbonyl (C=O) groups is 1. The van der Waals surface area contributed by atoms with Gasteiger partial charge in [0.1, 0.15) is 5.82 Å². The summed E-state index contributed by atoms with van der Waals surface area (Å²) in [6.45, 7) is 1.70. The fourth-order valence-electron chi connectivity index (χ4n) is 3.96. The van der Waals surface area contributed by atoms with E-state index in [-0.39, 0.29) is 29.8 Å². The molecular weight excluding hydrogens is 295 g/mol. The van der Waals surface area contributed by atoms with Crippen LogP contribution in [0.1, 0.15) is 47.6 Å². The molecule has 2 aliphatic rings. The number of carbonyl (C=O) groups excluding carboxylic acids is 1. The Bertz CT molecular complexity index is 716. The molecule has 0 saturated carbocycles. The summed E-state index contributed by atoms with van der Waals surface area (Å²) in [7, 11) is 0. The van der Waals surface area contributed by atoms with Crippen molar-refractivity contribution in [2.24, 2.45) is 0 Å². The van der Waals surface area contributed by atoms with Crippen molar-refractivity contribution in [2.75, 3.05) is 0 Å². The number of aromatic nitrogens is 3. The summed E-state index contributed by atoms with van der Waals surface area (Å²) in [5, 5.41) is 8.48. The first kappa shape index (κ1) is 14.4. The Kier molecular flexibility index (Phi) is 3.39. The van der Waals surface area contributed by atoms with Gasteiger partial charge in [0, 0.05) is 17.6 Å². The van der Waals surface area contributed by atoms with Gasteiger partial charge in [-0.1, -0.05) is 6.07 Å². The number of amides is 1. The maximum atomic E-state index is 13.8. The van der Waals surface area contributed by atoms with Crippen molar-refractivity contribution in [1.29, 1.82) is 0 Å². The highest BCUT2D eigenvalue weighted by Gasteiger charge is 2.44. The van der Waals surface area contributed by atoms with E-state index in [2.05, 4.69) is 10.2 Å². The fourth-order valence-corrected chi connectivity index (χ4v) is 3.96. The lowest BCUT2D eigenvalue weighted by molar-refractivity contribution is 0.0511. The lowest BCUT2D eigenvalue weighted by atomic mass is 9.96. The molecule has 0 N–H and O–H groups in total. The highest BCUT2D eigenvalue weighted by atomic mass is 19.1. The van der Waals surface area contributed by atoms with Crippen molar-refractivity contribution < 1.29 is 9.18 Å². The summed E-state index contributed by atoms with van der Waals surface area (Å²) < 4.78 is 13.8. The SMILES string of the molecule is Cc1ccc(C(=O)N2C3CCC2CC(n2nccn2)C3)cc1F. The summed E-state index contributed by atoms with van der Waals surface area (Å²) in [5.74, 6) is -0.373. The third-order valence-electron chi connectivity index (χ3n) is 5.12. The van der Waals surface area contributed by atoms with Gasteiger partial charge in [0.25, 0.3) is 5.91 Å². The molecular formula is C17H19FN4O. The average molecular weight is 314 g/mol. The van der Waals surface area contributed by atoms with E-state index in [4.69, 9.17) is 0 Å². The number of hydrogen-bond donors (Lipinski definition) is 0. The number of piperidine rings is 1. The number of fused-ring (bicyclic) bond motifs is 2. The van der Waals surface area contributed by atoms with Crippen molar-refractivity contribution in [3.05, 3.63) is 47.5 Å². The molecule has 0 aliphatic carbocycles. The largest absolute Gasteiger partial charge is 0.333 e. The lowest BCUT2D eigenvalue weighted by Gasteiger charge is -2.38. The Morgan fingerprint density at radius 1 is 1.13 bits per heavy atom. The second-order valence-corrected chi connectivity index (χ2v) is 6.54. The summed E-state index contributed by atoms with van der Waals surface area (Å²) in [5.41, 5.74) is 1.01. The molecule has 6 heteroatoms. The highest BCUT2D eigenvalue weighted by Crippen LogP contribution is 2.41. The Labute approximate surface area is 134 Å². The number of hydrogen-bond acceptors (Lipinski definition) is 3. The van der Waals surface area contributed by atoms with E-state index in [9.17, 15) is 9.18 Å². The molecule has 1 amide bonds. The molecule has 2 unspecified atom stereocenters. The van der Waals surface area contributed by atoms with Gasteiger partial charge in [0.2, 0.25) is 0 Å². The van der Waals surface area contributed by atoms with E-state index in [0.717, 1.165) is 25.7 Å². The van der Waals surface area contributed by atoms with Gasteiger partial charge in [-0.2, -0.15) is 15.0 Å². The van der Waals surface area contributed by atoms with Crippen LogP contribution in [0.5, 0.6) is 0 Å². The van der Waals surface area contributed by atoms with Gasteiger partial charge in [0.05, 0.1) is 18.4 Å². The van der Waals surface area contributed by atoms with E-state index in [1.165, 1.54) is 6.07 Å². The zero-order valence-corrected chi connectivity index (χ0v) is 13.0. The van der Waals surface area contributed by atoms with E-state index < -0.39 is 0 Å². The van der Waals surface area contributed by atoms with Gasteiger partial charge < -0.3 is 4.90 Å². The maximum Gasteiger partial charge on any atom is 0.254 e. The Morgan fingerprint density at radius 3 is 2.39 bits per heavy atom. The molecule has 1 aromatic carbocycles. The van der Waals surface area contributed by atoms with Gasteiger partial charge >= 0.3 is 0 Å². The van der Waals surface area contributed by atoms with Crippen LogP contribution in [0.15, 0.2) is 30.6 Å². The summed E-state index contributed by atoms with van der Waals surface area (Å²) in [6, 6.07) is 5.40. The number of rotatable bonds is 2. The third-order valence-corrected chi connectivity index (χ3v) is 5.12. The van der Waals surface area contributed by atoms with Crippen LogP contribution >= 0.6 is 0 Å². The van der Waals surface area contributed by atoms with Crippen LogP contribution in [0.25, 0.3) is 0 Å². The predicted octanol–water partition coefficient (Wildman–Crippen LogP) is 2.73. The molecule has 2 bridgehead atoms. The Balaban J connectivity index is 1.56. The zero-order valence-electron chi connectivity index (χ0n) is 13.0. The molecule has 2 aliphatic heterocycles.